The molecule has 114 valence electrons. The van der Waals surface area contributed by atoms with Crippen molar-refractivity contribution in [3.8, 4) is 0 Å². The van der Waals surface area contributed by atoms with Crippen LogP contribution in [-0.2, 0) is 27.2 Å². The van der Waals surface area contributed by atoms with Crippen molar-refractivity contribution in [2.75, 3.05) is 13.7 Å². The first kappa shape index (κ1) is 17.1. The van der Waals surface area contributed by atoms with Crippen LogP contribution in [0.15, 0.2) is 12.1 Å². The zero-order chi connectivity index (χ0) is 16.0. The lowest BCUT2D eigenvalue weighted by Crippen LogP contribution is -2.19. The number of nitro groups is 1. The van der Waals surface area contributed by atoms with Gasteiger partial charge in [0.1, 0.15) is 0 Å². The number of carbonyl (C=O) groups excluding carboxylic acids is 2. The van der Waals surface area contributed by atoms with E-state index in [1.807, 2.05) is 0 Å². The quantitative estimate of drug-likeness (QED) is 0.353. The maximum atomic E-state index is 11.6. The summed E-state index contributed by atoms with van der Waals surface area (Å²) in [7, 11) is 1.06. The number of aliphatic hydroxyl groups excluding tert-OH is 1. The fourth-order valence-corrected chi connectivity index (χ4v) is 2.12. The topological polar surface area (TPSA) is 107 Å². The van der Waals surface area contributed by atoms with E-state index in [-0.39, 0.29) is 22.9 Å². The molecular weight excluding hydrogens is 302 g/mol. The molecule has 1 aromatic carbocycles. The molecule has 0 aliphatic carbocycles. The lowest BCUT2D eigenvalue weighted by atomic mass is 9.97. The van der Waals surface area contributed by atoms with Crippen LogP contribution < -0.4 is 0 Å². The molecule has 0 unspecified atom stereocenters. The van der Waals surface area contributed by atoms with Crippen molar-refractivity contribution in [1.29, 1.82) is 0 Å². The van der Waals surface area contributed by atoms with Crippen molar-refractivity contribution in [3.05, 3.63) is 38.4 Å². The molecule has 1 rings (SSSR count). The number of carbonyl (C=O) groups is 2. The number of nitrogens with zero attached hydrogens (tertiary/aromatic N) is 1. The second-order valence-corrected chi connectivity index (χ2v) is 4.67. The molecule has 21 heavy (non-hydrogen) atoms. The van der Waals surface area contributed by atoms with E-state index >= 15 is 0 Å². The molecule has 7 nitrogen and oxygen atoms in total. The molecule has 0 heterocycles. The van der Waals surface area contributed by atoms with Gasteiger partial charge in [-0.3, -0.25) is 14.9 Å². The first-order valence-corrected chi connectivity index (χ1v) is 6.46. The number of esters is 1. The van der Waals surface area contributed by atoms with E-state index in [1.165, 1.54) is 6.07 Å². The summed E-state index contributed by atoms with van der Waals surface area (Å²) in [6.07, 6.45) is 0.222. The van der Waals surface area contributed by atoms with Gasteiger partial charge >= 0.3 is 5.97 Å². The van der Waals surface area contributed by atoms with Crippen molar-refractivity contribution in [3.63, 3.8) is 0 Å². The maximum absolute atomic E-state index is 11.6. The minimum atomic E-state index is -1.06. The van der Waals surface area contributed by atoms with Gasteiger partial charge in [-0.25, -0.2) is 4.79 Å². The molecular formula is C13H14ClNO6. The van der Waals surface area contributed by atoms with Crippen LogP contribution in [0.4, 0.5) is 5.69 Å². The summed E-state index contributed by atoms with van der Waals surface area (Å²) in [5.41, 5.74) is 0.251. The van der Waals surface area contributed by atoms with Gasteiger partial charge in [0.05, 0.1) is 18.5 Å². The third-order valence-corrected chi connectivity index (χ3v) is 3.05. The van der Waals surface area contributed by atoms with Crippen molar-refractivity contribution in [1.82, 2.24) is 0 Å². The average Bonchev–Trinajstić information content (AvgIpc) is 2.45. The first-order chi connectivity index (χ1) is 9.90. The maximum Gasteiger partial charge on any atom is 0.374 e. The zero-order valence-corrected chi connectivity index (χ0v) is 12.1. The van der Waals surface area contributed by atoms with E-state index in [4.69, 9.17) is 16.7 Å². The summed E-state index contributed by atoms with van der Waals surface area (Å²) in [6.45, 7) is -0.106. The van der Waals surface area contributed by atoms with Crippen LogP contribution in [0.3, 0.4) is 0 Å². The monoisotopic (exact) mass is 315 g/mol. The number of ether oxygens (including phenoxy) is 1. The molecule has 0 fully saturated rings. The third-order valence-electron chi connectivity index (χ3n) is 2.83. The fourth-order valence-electron chi connectivity index (χ4n) is 1.88. The molecule has 0 spiro atoms. The van der Waals surface area contributed by atoms with Gasteiger partial charge in [0, 0.05) is 23.3 Å². The summed E-state index contributed by atoms with van der Waals surface area (Å²) in [5, 5.41) is 20.1. The summed E-state index contributed by atoms with van der Waals surface area (Å²) in [5.74, 6) is -1.94. The Morgan fingerprint density at radius 3 is 2.62 bits per heavy atom. The van der Waals surface area contributed by atoms with Crippen LogP contribution >= 0.6 is 11.6 Å². The molecule has 1 N–H and O–H groups in total. The second kappa shape index (κ2) is 7.70. The van der Waals surface area contributed by atoms with Gasteiger partial charge in [0.15, 0.2) is 0 Å². The van der Waals surface area contributed by atoms with E-state index in [9.17, 15) is 19.7 Å². The number of ketones is 1. The number of Topliss-reactive ketones (excluding diaryl/α,β-unsaturated/α-hetero) is 1. The standard InChI is InChI=1S/C13H14ClNO6/c1-21-13(18)12(17)7-10-8(3-2-4-16)5-9(14)6-11(10)15(19)20/h5-6,16H,2-4,7H2,1H3. The largest absolute Gasteiger partial charge is 0.463 e. The minimum Gasteiger partial charge on any atom is -0.463 e. The Balaban J connectivity index is 3.26. The molecule has 0 bridgehead atoms. The highest BCUT2D eigenvalue weighted by Gasteiger charge is 2.24. The van der Waals surface area contributed by atoms with E-state index < -0.39 is 23.1 Å². The van der Waals surface area contributed by atoms with Crippen LogP contribution in [0, 0.1) is 10.1 Å². The van der Waals surface area contributed by atoms with Gasteiger partial charge in [-0.2, -0.15) is 0 Å². The Hall–Kier alpha value is -1.99. The number of benzene rings is 1. The van der Waals surface area contributed by atoms with Crippen LogP contribution in [0.5, 0.6) is 0 Å². The van der Waals surface area contributed by atoms with E-state index in [1.54, 1.807) is 0 Å². The van der Waals surface area contributed by atoms with Crippen LogP contribution in [-0.4, -0.2) is 35.5 Å². The molecule has 0 aromatic heterocycles. The first-order valence-electron chi connectivity index (χ1n) is 6.08. The smallest absolute Gasteiger partial charge is 0.374 e. The minimum absolute atomic E-state index is 0.106. The van der Waals surface area contributed by atoms with Gasteiger partial charge < -0.3 is 9.84 Å². The Morgan fingerprint density at radius 1 is 1.43 bits per heavy atom. The van der Waals surface area contributed by atoms with E-state index in [0.717, 1.165) is 13.2 Å². The molecule has 0 saturated heterocycles. The fraction of sp³-hybridized carbons (Fsp3) is 0.385. The summed E-state index contributed by atoms with van der Waals surface area (Å²) in [4.78, 5) is 33.3. The normalized spacial score (nSPS) is 10.2. The summed E-state index contributed by atoms with van der Waals surface area (Å²) < 4.78 is 4.30. The molecule has 8 heteroatoms. The number of rotatable bonds is 7. The van der Waals surface area contributed by atoms with Crippen molar-refractivity contribution in [2.24, 2.45) is 0 Å². The number of halogens is 1. The number of hydrogen-bond donors (Lipinski definition) is 1. The van der Waals surface area contributed by atoms with Crippen LogP contribution in [0.1, 0.15) is 17.5 Å². The van der Waals surface area contributed by atoms with Crippen LogP contribution in [0.25, 0.3) is 0 Å². The lowest BCUT2D eigenvalue weighted by molar-refractivity contribution is -0.385. The lowest BCUT2D eigenvalue weighted by Gasteiger charge is -2.10. The number of aryl methyl sites for hydroxylation is 1. The Labute approximate surface area is 125 Å². The Morgan fingerprint density at radius 2 is 2.10 bits per heavy atom. The highest BCUT2D eigenvalue weighted by Crippen LogP contribution is 2.29. The van der Waals surface area contributed by atoms with Crippen molar-refractivity contribution >= 4 is 29.0 Å². The Kier molecular flexibility index (Phi) is 6.26. The molecule has 0 amide bonds. The second-order valence-electron chi connectivity index (χ2n) is 4.24. The predicted molar refractivity (Wildman–Crippen MR) is 74.2 cm³/mol. The van der Waals surface area contributed by atoms with E-state index in [0.29, 0.717) is 18.4 Å². The highest BCUT2D eigenvalue weighted by molar-refractivity contribution is 6.34. The molecule has 0 radical (unpaired) electrons. The third kappa shape index (κ3) is 4.51. The van der Waals surface area contributed by atoms with E-state index in [2.05, 4.69) is 4.74 Å². The molecule has 0 atom stereocenters. The molecule has 1 aromatic rings. The summed E-state index contributed by atoms with van der Waals surface area (Å²) in [6, 6.07) is 2.62. The SMILES string of the molecule is COC(=O)C(=O)Cc1c(CCCO)cc(Cl)cc1[N+](=O)[O-]. The van der Waals surface area contributed by atoms with Crippen LogP contribution in [0.2, 0.25) is 5.02 Å². The molecule has 0 saturated carbocycles. The highest BCUT2D eigenvalue weighted by atomic mass is 35.5. The van der Waals surface area contributed by atoms with Gasteiger partial charge in [-0.15, -0.1) is 0 Å². The molecule has 0 aliphatic heterocycles. The zero-order valence-electron chi connectivity index (χ0n) is 11.3. The Bertz CT molecular complexity index is 572. The predicted octanol–water partition coefficient (Wildman–Crippen LogP) is 1.46. The van der Waals surface area contributed by atoms with Gasteiger partial charge in [-0.1, -0.05) is 11.6 Å². The number of nitro benzene ring substituents is 1. The van der Waals surface area contributed by atoms with Crippen molar-refractivity contribution < 1.29 is 24.4 Å². The van der Waals surface area contributed by atoms with Gasteiger partial charge in [0.25, 0.3) is 5.69 Å². The number of hydrogen-bond acceptors (Lipinski definition) is 6. The summed E-state index contributed by atoms with van der Waals surface area (Å²) >= 11 is 5.83. The number of methoxy groups -OCH3 is 1. The van der Waals surface area contributed by atoms with Gasteiger partial charge in [0.2, 0.25) is 5.78 Å². The van der Waals surface area contributed by atoms with Crippen molar-refractivity contribution in [2.45, 2.75) is 19.3 Å². The van der Waals surface area contributed by atoms with Gasteiger partial charge in [-0.05, 0) is 24.5 Å². The average molecular weight is 316 g/mol. The molecule has 0 aliphatic rings. The number of aliphatic hydroxyl groups is 1.